The first-order valence-corrected chi connectivity index (χ1v) is 5.87. The summed E-state index contributed by atoms with van der Waals surface area (Å²) in [5, 5.41) is 12.5. The summed E-state index contributed by atoms with van der Waals surface area (Å²) < 4.78 is 1.73. The largest absolute Gasteiger partial charge is 0.289 e. The van der Waals surface area contributed by atoms with Crippen LogP contribution in [0.5, 0.6) is 0 Å². The Morgan fingerprint density at radius 3 is 3.00 bits per heavy atom. The number of pyridine rings is 1. The average molecular weight is 244 g/mol. The van der Waals surface area contributed by atoms with Crippen molar-refractivity contribution in [2.24, 2.45) is 0 Å². The molecule has 0 atom stereocenters. The molecule has 0 aliphatic heterocycles. The van der Waals surface area contributed by atoms with E-state index in [9.17, 15) is 4.79 Å². The zero-order chi connectivity index (χ0) is 11.7. The molecule has 3 heterocycles. The highest BCUT2D eigenvalue weighted by molar-refractivity contribution is 7.12. The lowest BCUT2D eigenvalue weighted by molar-refractivity contribution is 0.102. The molecule has 0 aliphatic carbocycles. The second-order valence-corrected chi connectivity index (χ2v) is 4.33. The molecule has 0 spiro atoms. The zero-order valence-corrected chi connectivity index (χ0v) is 9.52. The number of nitrogens with zero attached hydrogens (tertiary/aromatic N) is 3. The molecule has 1 N–H and O–H groups in total. The molecule has 0 fully saturated rings. The van der Waals surface area contributed by atoms with Crippen LogP contribution in [0.4, 0.5) is 5.95 Å². The Bertz CT molecular complexity index is 659. The first kappa shape index (κ1) is 9.98. The van der Waals surface area contributed by atoms with Crippen LogP contribution in [0.3, 0.4) is 0 Å². The monoisotopic (exact) mass is 244 g/mol. The van der Waals surface area contributed by atoms with Crippen LogP contribution in [0.25, 0.3) is 5.65 Å². The second-order valence-electron chi connectivity index (χ2n) is 3.38. The third kappa shape index (κ3) is 1.78. The molecule has 3 aromatic rings. The number of nitrogens with one attached hydrogen (secondary N) is 1. The third-order valence-corrected chi connectivity index (χ3v) is 3.15. The molecule has 17 heavy (non-hydrogen) atoms. The van der Waals surface area contributed by atoms with Gasteiger partial charge in [0, 0.05) is 6.20 Å². The Morgan fingerprint density at radius 2 is 2.18 bits per heavy atom. The van der Waals surface area contributed by atoms with Gasteiger partial charge < -0.3 is 0 Å². The van der Waals surface area contributed by atoms with Crippen LogP contribution < -0.4 is 5.32 Å². The summed E-state index contributed by atoms with van der Waals surface area (Å²) in [4.78, 5) is 12.5. The van der Waals surface area contributed by atoms with Crippen LogP contribution in [0, 0.1) is 0 Å². The minimum atomic E-state index is -0.168. The van der Waals surface area contributed by atoms with Crippen molar-refractivity contribution < 1.29 is 4.79 Å². The molecular formula is C11H8N4OS. The minimum Gasteiger partial charge on any atom is -0.289 e. The first-order chi connectivity index (χ1) is 8.34. The highest BCUT2D eigenvalue weighted by atomic mass is 32.1. The van der Waals surface area contributed by atoms with Gasteiger partial charge in [-0.1, -0.05) is 12.1 Å². The zero-order valence-electron chi connectivity index (χ0n) is 8.70. The smallest absolute Gasteiger partial charge is 0.268 e. The predicted molar refractivity (Wildman–Crippen MR) is 65.3 cm³/mol. The molecule has 0 unspecified atom stereocenters. The molecule has 6 heteroatoms. The van der Waals surface area contributed by atoms with Crippen LogP contribution in [-0.4, -0.2) is 20.5 Å². The summed E-state index contributed by atoms with van der Waals surface area (Å²) in [6, 6.07) is 9.16. The van der Waals surface area contributed by atoms with E-state index in [2.05, 4.69) is 15.5 Å². The maximum atomic E-state index is 11.8. The SMILES string of the molecule is O=C(Nc1nnc2ccccn12)c1cccs1. The van der Waals surface area contributed by atoms with Crippen molar-refractivity contribution in [2.45, 2.75) is 0 Å². The lowest BCUT2D eigenvalue weighted by Gasteiger charge is -2.00. The standard InChI is InChI=1S/C11H8N4OS/c16-10(8-4-3-7-17-8)12-11-14-13-9-5-1-2-6-15(9)11/h1-7H,(H,12,14,16). The number of carbonyl (C=O) groups is 1. The van der Waals surface area contributed by atoms with Crippen molar-refractivity contribution in [1.82, 2.24) is 14.6 Å². The number of aromatic nitrogens is 3. The van der Waals surface area contributed by atoms with Gasteiger partial charge in [0.1, 0.15) is 0 Å². The Morgan fingerprint density at radius 1 is 1.24 bits per heavy atom. The van der Waals surface area contributed by atoms with Crippen LogP contribution in [-0.2, 0) is 0 Å². The summed E-state index contributed by atoms with van der Waals surface area (Å²) >= 11 is 1.39. The van der Waals surface area contributed by atoms with E-state index in [0.717, 1.165) is 0 Å². The van der Waals surface area contributed by atoms with Crippen molar-refractivity contribution in [3.05, 3.63) is 46.8 Å². The second kappa shape index (κ2) is 3.99. The quantitative estimate of drug-likeness (QED) is 0.750. The Balaban J connectivity index is 1.93. The van der Waals surface area contributed by atoms with E-state index in [1.807, 2.05) is 29.6 Å². The number of thiophene rings is 1. The van der Waals surface area contributed by atoms with Crippen LogP contribution >= 0.6 is 11.3 Å². The summed E-state index contributed by atoms with van der Waals surface area (Å²) in [6.07, 6.45) is 1.80. The van der Waals surface area contributed by atoms with Gasteiger partial charge >= 0.3 is 0 Å². The number of hydrogen-bond acceptors (Lipinski definition) is 4. The number of carbonyl (C=O) groups excluding carboxylic acids is 1. The van der Waals surface area contributed by atoms with E-state index in [4.69, 9.17) is 0 Å². The molecule has 0 bridgehead atoms. The fraction of sp³-hybridized carbons (Fsp3) is 0. The van der Waals surface area contributed by atoms with Gasteiger partial charge in [-0.2, -0.15) is 0 Å². The van der Waals surface area contributed by atoms with Gasteiger partial charge in [-0.15, -0.1) is 21.5 Å². The van der Waals surface area contributed by atoms with Gasteiger partial charge in [0.05, 0.1) is 4.88 Å². The molecule has 0 radical (unpaired) electrons. The van der Waals surface area contributed by atoms with E-state index >= 15 is 0 Å². The van der Waals surface area contributed by atoms with Crippen LogP contribution in [0.2, 0.25) is 0 Å². The number of fused-ring (bicyclic) bond motifs is 1. The fourth-order valence-corrected chi connectivity index (χ4v) is 2.12. The Hall–Kier alpha value is -2.21. The first-order valence-electron chi connectivity index (χ1n) is 4.99. The fourth-order valence-electron chi connectivity index (χ4n) is 1.50. The topological polar surface area (TPSA) is 59.3 Å². The maximum absolute atomic E-state index is 11.8. The van der Waals surface area contributed by atoms with Gasteiger partial charge in [-0.05, 0) is 23.6 Å². The van der Waals surface area contributed by atoms with Crippen LogP contribution in [0.15, 0.2) is 41.9 Å². The highest BCUT2D eigenvalue weighted by Gasteiger charge is 2.10. The van der Waals surface area contributed by atoms with E-state index in [-0.39, 0.29) is 5.91 Å². The van der Waals surface area contributed by atoms with Gasteiger partial charge in [0.15, 0.2) is 5.65 Å². The predicted octanol–water partition coefficient (Wildman–Crippen LogP) is 2.04. The molecule has 0 saturated heterocycles. The molecule has 0 aliphatic rings. The Labute approximate surface area is 101 Å². The van der Waals surface area contributed by atoms with Crippen molar-refractivity contribution >= 4 is 28.8 Å². The van der Waals surface area contributed by atoms with Gasteiger partial charge in [-0.3, -0.25) is 14.5 Å². The third-order valence-electron chi connectivity index (χ3n) is 2.28. The van der Waals surface area contributed by atoms with Crippen molar-refractivity contribution in [3.8, 4) is 0 Å². The van der Waals surface area contributed by atoms with Gasteiger partial charge in [0.25, 0.3) is 5.91 Å². The molecule has 5 nitrogen and oxygen atoms in total. The summed E-state index contributed by atoms with van der Waals surface area (Å²) in [5.74, 6) is 0.261. The lowest BCUT2D eigenvalue weighted by Crippen LogP contribution is -2.12. The molecule has 84 valence electrons. The molecule has 0 saturated carbocycles. The molecule has 1 amide bonds. The normalized spacial score (nSPS) is 10.6. The highest BCUT2D eigenvalue weighted by Crippen LogP contribution is 2.12. The van der Waals surface area contributed by atoms with Crippen LogP contribution in [0.1, 0.15) is 9.67 Å². The summed E-state index contributed by atoms with van der Waals surface area (Å²) in [5.41, 5.74) is 0.703. The van der Waals surface area contributed by atoms with Crippen molar-refractivity contribution in [1.29, 1.82) is 0 Å². The van der Waals surface area contributed by atoms with Gasteiger partial charge in [0.2, 0.25) is 5.95 Å². The van der Waals surface area contributed by atoms with E-state index in [1.165, 1.54) is 11.3 Å². The molecular weight excluding hydrogens is 236 g/mol. The van der Waals surface area contributed by atoms with E-state index in [1.54, 1.807) is 16.7 Å². The lowest BCUT2D eigenvalue weighted by atomic mass is 10.4. The average Bonchev–Trinajstić information content (AvgIpc) is 2.98. The van der Waals surface area contributed by atoms with E-state index < -0.39 is 0 Å². The summed E-state index contributed by atoms with van der Waals surface area (Å²) in [6.45, 7) is 0. The number of anilines is 1. The van der Waals surface area contributed by atoms with Crippen molar-refractivity contribution in [3.63, 3.8) is 0 Å². The van der Waals surface area contributed by atoms with Gasteiger partial charge in [-0.25, -0.2) is 0 Å². The summed E-state index contributed by atoms with van der Waals surface area (Å²) in [7, 11) is 0. The number of rotatable bonds is 2. The molecule has 3 rings (SSSR count). The number of hydrogen-bond donors (Lipinski definition) is 1. The van der Waals surface area contributed by atoms with Crippen molar-refractivity contribution in [2.75, 3.05) is 5.32 Å². The number of amides is 1. The minimum absolute atomic E-state index is 0.168. The molecule has 3 aromatic heterocycles. The molecule has 0 aromatic carbocycles. The maximum Gasteiger partial charge on any atom is 0.268 e. The Kier molecular flexibility index (Phi) is 2.34. The van der Waals surface area contributed by atoms with E-state index in [0.29, 0.717) is 16.5 Å².